The summed E-state index contributed by atoms with van der Waals surface area (Å²) in [6.45, 7) is 4.08. The van der Waals surface area contributed by atoms with Gasteiger partial charge in [-0.05, 0) is 31.9 Å². The van der Waals surface area contributed by atoms with Gasteiger partial charge in [-0.25, -0.2) is 9.59 Å². The molecule has 0 spiro atoms. The van der Waals surface area contributed by atoms with Crippen molar-refractivity contribution in [1.29, 1.82) is 0 Å². The molecule has 1 rings (SSSR count). The minimum absolute atomic E-state index is 0.0122. The summed E-state index contributed by atoms with van der Waals surface area (Å²) in [5.74, 6) is -1.67. The zero-order chi connectivity index (χ0) is 17.8. The van der Waals surface area contributed by atoms with Crippen molar-refractivity contribution in [3.8, 4) is 0 Å². The Labute approximate surface area is 145 Å². The van der Waals surface area contributed by atoms with E-state index in [9.17, 15) is 9.59 Å². The van der Waals surface area contributed by atoms with Gasteiger partial charge < -0.3 is 9.84 Å². The third-order valence-corrected chi connectivity index (χ3v) is 4.15. The first kappa shape index (κ1) is 20.2. The zero-order valence-electron chi connectivity index (χ0n) is 14.9. The minimum atomic E-state index is -1.11. The van der Waals surface area contributed by atoms with E-state index in [1.807, 2.05) is 6.92 Å². The number of aromatic carboxylic acids is 1. The average molecular weight is 334 g/mol. The van der Waals surface area contributed by atoms with Crippen LogP contribution in [0.5, 0.6) is 0 Å². The van der Waals surface area contributed by atoms with Gasteiger partial charge in [-0.2, -0.15) is 0 Å². The lowest BCUT2D eigenvalue weighted by Gasteiger charge is -2.14. The van der Waals surface area contributed by atoms with Crippen molar-refractivity contribution < 1.29 is 19.4 Å². The van der Waals surface area contributed by atoms with Gasteiger partial charge in [-0.1, -0.05) is 64.0 Å². The molecule has 0 aliphatic rings. The van der Waals surface area contributed by atoms with Crippen LogP contribution < -0.4 is 0 Å². The van der Waals surface area contributed by atoms with Crippen LogP contribution in [0.3, 0.4) is 0 Å². The molecular formula is C20H30O4. The number of carbonyl (C=O) groups is 2. The smallest absolute Gasteiger partial charge is 0.339 e. The Bertz CT molecular complexity index is 510. The highest BCUT2D eigenvalue weighted by Gasteiger charge is 2.18. The Morgan fingerprint density at radius 1 is 0.958 bits per heavy atom. The van der Waals surface area contributed by atoms with Crippen LogP contribution in [0, 0.1) is 0 Å². The predicted molar refractivity (Wildman–Crippen MR) is 95.5 cm³/mol. The summed E-state index contributed by atoms with van der Waals surface area (Å²) in [6, 6.07) is 6.16. The second kappa shape index (κ2) is 11.7. The highest BCUT2D eigenvalue weighted by Crippen LogP contribution is 2.15. The number of carbonyl (C=O) groups excluding carboxylic acids is 1. The van der Waals surface area contributed by atoms with Crippen molar-refractivity contribution in [2.75, 3.05) is 0 Å². The molecule has 0 saturated carbocycles. The van der Waals surface area contributed by atoms with E-state index in [2.05, 4.69) is 6.92 Å². The van der Waals surface area contributed by atoms with Gasteiger partial charge in [0, 0.05) is 0 Å². The number of carboxylic acids is 1. The largest absolute Gasteiger partial charge is 0.478 e. The van der Waals surface area contributed by atoms with Crippen molar-refractivity contribution in [3.05, 3.63) is 35.4 Å². The summed E-state index contributed by atoms with van der Waals surface area (Å²) in [5, 5.41) is 9.12. The number of unbranched alkanes of at least 4 members (excludes halogenated alkanes) is 7. The number of hydrogen-bond donors (Lipinski definition) is 1. The lowest BCUT2D eigenvalue weighted by atomic mass is 10.1. The number of carboxylic acid groups (broad SMARTS) is 1. The third kappa shape index (κ3) is 7.62. The summed E-state index contributed by atoms with van der Waals surface area (Å²) >= 11 is 0. The second-order valence-electron chi connectivity index (χ2n) is 6.33. The molecular weight excluding hydrogens is 304 g/mol. The fourth-order valence-electron chi connectivity index (χ4n) is 2.72. The summed E-state index contributed by atoms with van der Waals surface area (Å²) in [7, 11) is 0. The molecule has 0 aromatic heterocycles. The van der Waals surface area contributed by atoms with Gasteiger partial charge in [0.1, 0.15) is 0 Å². The van der Waals surface area contributed by atoms with E-state index >= 15 is 0 Å². The molecule has 0 aliphatic carbocycles. The van der Waals surface area contributed by atoms with Gasteiger partial charge >= 0.3 is 11.9 Å². The first-order chi connectivity index (χ1) is 11.6. The van der Waals surface area contributed by atoms with E-state index in [4.69, 9.17) is 9.84 Å². The fraction of sp³-hybridized carbons (Fsp3) is 0.600. The molecule has 1 aromatic rings. The van der Waals surface area contributed by atoms with Crippen molar-refractivity contribution in [2.24, 2.45) is 0 Å². The predicted octanol–water partition coefficient (Wildman–Crippen LogP) is 5.46. The molecule has 0 fully saturated rings. The highest BCUT2D eigenvalue weighted by atomic mass is 16.5. The molecule has 0 heterocycles. The standard InChI is InChI=1S/C20H30O4/c1-3-4-5-6-7-8-9-10-13-16(2)24-20(23)18-15-12-11-14-17(18)19(21)22/h11-12,14-16H,3-10,13H2,1-2H3,(H,21,22)/t16-/m1/s1. The number of esters is 1. The van der Waals surface area contributed by atoms with E-state index in [0.717, 1.165) is 19.3 Å². The Balaban J connectivity index is 2.27. The van der Waals surface area contributed by atoms with E-state index in [-0.39, 0.29) is 17.2 Å². The topological polar surface area (TPSA) is 63.6 Å². The number of benzene rings is 1. The van der Waals surface area contributed by atoms with Gasteiger partial charge in [0.25, 0.3) is 0 Å². The molecule has 24 heavy (non-hydrogen) atoms. The first-order valence-corrected chi connectivity index (χ1v) is 9.09. The normalized spacial score (nSPS) is 11.9. The molecule has 1 atom stereocenters. The summed E-state index contributed by atoms with van der Waals surface area (Å²) < 4.78 is 5.38. The monoisotopic (exact) mass is 334 g/mol. The van der Waals surface area contributed by atoms with Crippen molar-refractivity contribution >= 4 is 11.9 Å². The first-order valence-electron chi connectivity index (χ1n) is 9.09. The van der Waals surface area contributed by atoms with Crippen LogP contribution in [0.2, 0.25) is 0 Å². The van der Waals surface area contributed by atoms with E-state index < -0.39 is 11.9 Å². The minimum Gasteiger partial charge on any atom is -0.478 e. The summed E-state index contributed by atoms with van der Waals surface area (Å²) in [4.78, 5) is 23.3. The molecule has 0 amide bonds. The Morgan fingerprint density at radius 2 is 1.50 bits per heavy atom. The van der Waals surface area contributed by atoms with Gasteiger partial charge in [-0.15, -0.1) is 0 Å². The van der Waals surface area contributed by atoms with Gasteiger partial charge in [-0.3, -0.25) is 0 Å². The lowest BCUT2D eigenvalue weighted by molar-refractivity contribution is 0.0313. The van der Waals surface area contributed by atoms with Crippen LogP contribution >= 0.6 is 0 Å². The van der Waals surface area contributed by atoms with Crippen molar-refractivity contribution in [3.63, 3.8) is 0 Å². The van der Waals surface area contributed by atoms with Crippen LogP contribution in [0.4, 0.5) is 0 Å². The molecule has 134 valence electrons. The van der Waals surface area contributed by atoms with Crippen LogP contribution in [-0.2, 0) is 4.74 Å². The molecule has 1 N–H and O–H groups in total. The van der Waals surface area contributed by atoms with Crippen LogP contribution in [0.1, 0.15) is 92.4 Å². The van der Waals surface area contributed by atoms with E-state index in [1.165, 1.54) is 50.7 Å². The summed E-state index contributed by atoms with van der Waals surface area (Å²) in [5.41, 5.74) is 0.106. The molecule has 0 bridgehead atoms. The van der Waals surface area contributed by atoms with E-state index in [1.54, 1.807) is 12.1 Å². The molecule has 0 aliphatic heterocycles. The highest BCUT2D eigenvalue weighted by molar-refractivity contribution is 6.02. The Kier molecular flexibility index (Phi) is 9.81. The molecule has 4 heteroatoms. The summed E-state index contributed by atoms with van der Waals surface area (Å²) in [6.07, 6.45) is 10.5. The average Bonchev–Trinajstić information content (AvgIpc) is 2.57. The van der Waals surface area contributed by atoms with E-state index in [0.29, 0.717) is 0 Å². The molecule has 0 saturated heterocycles. The van der Waals surface area contributed by atoms with Crippen LogP contribution in [0.15, 0.2) is 24.3 Å². The SMILES string of the molecule is CCCCCCCCCC[C@@H](C)OC(=O)c1ccccc1C(=O)O. The van der Waals surface area contributed by atoms with Crippen LogP contribution in [-0.4, -0.2) is 23.1 Å². The van der Waals surface area contributed by atoms with Gasteiger partial charge in [0.2, 0.25) is 0 Å². The second-order valence-corrected chi connectivity index (χ2v) is 6.33. The molecule has 0 unspecified atom stereocenters. The Morgan fingerprint density at radius 3 is 2.08 bits per heavy atom. The fourth-order valence-corrected chi connectivity index (χ4v) is 2.72. The maximum absolute atomic E-state index is 12.1. The lowest BCUT2D eigenvalue weighted by Crippen LogP contribution is -2.17. The quantitative estimate of drug-likeness (QED) is 0.407. The molecule has 0 radical (unpaired) electrons. The van der Waals surface area contributed by atoms with Crippen molar-refractivity contribution in [2.45, 2.75) is 77.7 Å². The van der Waals surface area contributed by atoms with Crippen molar-refractivity contribution in [1.82, 2.24) is 0 Å². The van der Waals surface area contributed by atoms with Crippen LogP contribution in [0.25, 0.3) is 0 Å². The molecule has 4 nitrogen and oxygen atoms in total. The third-order valence-electron chi connectivity index (χ3n) is 4.15. The zero-order valence-corrected chi connectivity index (χ0v) is 14.9. The maximum atomic E-state index is 12.1. The van der Waals surface area contributed by atoms with Gasteiger partial charge in [0.05, 0.1) is 17.2 Å². The number of ether oxygens (including phenoxy) is 1. The number of hydrogen-bond acceptors (Lipinski definition) is 3. The maximum Gasteiger partial charge on any atom is 0.339 e. The Hall–Kier alpha value is -1.84. The number of rotatable bonds is 12. The van der Waals surface area contributed by atoms with Gasteiger partial charge in [0.15, 0.2) is 0 Å². The molecule has 1 aromatic carbocycles.